The maximum Gasteiger partial charge on any atom is 0.340 e. The number of aromatic hydroxyl groups is 2. The zero-order valence-electron chi connectivity index (χ0n) is 14.6. The molecule has 28 heavy (non-hydrogen) atoms. The maximum atomic E-state index is 11.4. The van der Waals surface area contributed by atoms with E-state index >= 15 is 0 Å². The fourth-order valence-corrected chi connectivity index (χ4v) is 2.66. The number of hydrogen-bond donors (Lipinski definition) is 5. The molecule has 0 bridgehead atoms. The van der Waals surface area contributed by atoms with Crippen LogP contribution in [0.4, 0.5) is 5.69 Å². The largest absolute Gasteiger partial charge is 0.504 e. The van der Waals surface area contributed by atoms with Crippen molar-refractivity contribution in [2.45, 2.75) is 36.7 Å². The van der Waals surface area contributed by atoms with Crippen LogP contribution in [0.15, 0.2) is 16.7 Å². The highest BCUT2D eigenvalue weighted by atomic mass is 35.5. The zero-order valence-corrected chi connectivity index (χ0v) is 15.3. The maximum absolute atomic E-state index is 11.4. The van der Waals surface area contributed by atoms with Gasteiger partial charge >= 0.3 is 11.7 Å². The van der Waals surface area contributed by atoms with Crippen LogP contribution < -0.4 is 11.5 Å². The Morgan fingerprint density at radius 3 is 2.61 bits per heavy atom. The average molecular weight is 416 g/mol. The minimum Gasteiger partial charge on any atom is -0.504 e. The van der Waals surface area contributed by atoms with Gasteiger partial charge in [-0.05, 0) is 25.8 Å². The highest BCUT2D eigenvalue weighted by Gasteiger charge is 2.44. The second kappa shape index (κ2) is 7.96. The van der Waals surface area contributed by atoms with Crippen molar-refractivity contribution >= 4 is 23.3 Å². The summed E-state index contributed by atoms with van der Waals surface area (Å²) in [7, 11) is 0. The molecule has 2 aromatic rings. The summed E-state index contributed by atoms with van der Waals surface area (Å²) in [6.07, 6.45) is 0.472. The number of phenols is 2. The van der Waals surface area contributed by atoms with Gasteiger partial charge in [0.2, 0.25) is 22.5 Å². The molecule has 0 aliphatic carbocycles. The third-order valence-electron chi connectivity index (χ3n) is 4.01. The number of halogens is 1. The third kappa shape index (κ3) is 4.30. The van der Waals surface area contributed by atoms with Crippen molar-refractivity contribution in [1.29, 1.82) is 0 Å². The summed E-state index contributed by atoms with van der Waals surface area (Å²) < 4.78 is 5.08. The normalized spacial score (nSPS) is 15.6. The van der Waals surface area contributed by atoms with Gasteiger partial charge in [0.25, 0.3) is 0 Å². The molecular formula is C15H18ClN5O7. The lowest BCUT2D eigenvalue weighted by molar-refractivity contribution is -0.385. The second-order valence-electron chi connectivity index (χ2n) is 6.26. The fourth-order valence-electron chi connectivity index (χ4n) is 2.46. The average Bonchev–Trinajstić information content (AvgIpc) is 3.06. The van der Waals surface area contributed by atoms with E-state index in [9.17, 15) is 30.2 Å². The molecule has 1 heterocycles. The first-order valence-electron chi connectivity index (χ1n) is 7.96. The third-order valence-corrected chi connectivity index (χ3v) is 4.44. The number of alkyl halides is 1. The molecule has 0 saturated carbocycles. The van der Waals surface area contributed by atoms with E-state index in [2.05, 4.69) is 10.1 Å². The van der Waals surface area contributed by atoms with Crippen molar-refractivity contribution in [2.75, 3.05) is 0 Å². The Balaban J connectivity index is 2.47. The molecule has 13 heteroatoms. The van der Waals surface area contributed by atoms with E-state index in [4.69, 9.17) is 27.6 Å². The van der Waals surface area contributed by atoms with Crippen LogP contribution in [0.3, 0.4) is 0 Å². The number of hydrogen-bond acceptors (Lipinski definition) is 10. The summed E-state index contributed by atoms with van der Waals surface area (Å²) >= 11 is 5.97. The summed E-state index contributed by atoms with van der Waals surface area (Å²) in [5.41, 5.74) is 10.6. The summed E-state index contributed by atoms with van der Waals surface area (Å²) in [6.45, 7) is 1.71. The number of aliphatic carboxylic acids is 1. The topological polar surface area (TPSA) is 212 Å². The molecule has 0 amide bonds. The van der Waals surface area contributed by atoms with E-state index in [1.54, 1.807) is 6.92 Å². The Morgan fingerprint density at radius 1 is 1.43 bits per heavy atom. The van der Waals surface area contributed by atoms with E-state index in [-0.39, 0.29) is 29.7 Å². The van der Waals surface area contributed by atoms with Gasteiger partial charge in [0.05, 0.1) is 10.8 Å². The number of nitrogens with zero attached hydrogens (tertiary/aromatic N) is 3. The first-order valence-corrected chi connectivity index (χ1v) is 8.34. The molecule has 3 atom stereocenters. The van der Waals surface area contributed by atoms with E-state index in [1.807, 2.05) is 0 Å². The zero-order chi connectivity index (χ0) is 21.2. The number of carboxylic acids is 1. The number of phenolic OH excluding ortho intramolecular Hbond substituents is 2. The molecule has 0 aliphatic rings. The smallest absolute Gasteiger partial charge is 0.340 e. The lowest BCUT2D eigenvalue weighted by Gasteiger charge is -2.25. The second-order valence-corrected chi connectivity index (χ2v) is 6.88. The van der Waals surface area contributed by atoms with Crippen molar-refractivity contribution < 1.29 is 29.6 Å². The summed E-state index contributed by atoms with van der Waals surface area (Å²) in [5.74, 6) is -4.72. The van der Waals surface area contributed by atoms with Crippen LogP contribution in [0.1, 0.15) is 31.6 Å². The number of rotatable bonds is 8. The molecule has 0 radical (unpaired) electrons. The van der Waals surface area contributed by atoms with Crippen molar-refractivity contribution in [1.82, 2.24) is 10.1 Å². The van der Waals surface area contributed by atoms with E-state index in [1.165, 1.54) is 0 Å². The van der Waals surface area contributed by atoms with Gasteiger partial charge in [0, 0.05) is 17.7 Å². The van der Waals surface area contributed by atoms with Crippen LogP contribution in [0.2, 0.25) is 0 Å². The molecule has 7 N–H and O–H groups in total. The number of carbonyl (C=O) groups is 1. The van der Waals surface area contributed by atoms with Gasteiger partial charge in [-0.15, -0.1) is 0 Å². The van der Waals surface area contributed by atoms with Crippen LogP contribution in [0, 0.1) is 10.1 Å². The highest BCUT2D eigenvalue weighted by Crippen LogP contribution is 2.40. The predicted octanol–water partition coefficient (Wildman–Crippen LogP) is 1.25. The Morgan fingerprint density at radius 2 is 2.07 bits per heavy atom. The minimum absolute atomic E-state index is 0.0459. The quantitative estimate of drug-likeness (QED) is 0.136. The molecular weight excluding hydrogens is 398 g/mol. The van der Waals surface area contributed by atoms with Crippen molar-refractivity contribution in [2.24, 2.45) is 11.5 Å². The number of benzene rings is 1. The summed E-state index contributed by atoms with van der Waals surface area (Å²) in [5, 5.41) is 43.2. The summed E-state index contributed by atoms with van der Waals surface area (Å²) in [6, 6.07) is 1.64. The van der Waals surface area contributed by atoms with Gasteiger partial charge in [-0.1, -0.05) is 16.8 Å². The molecule has 152 valence electrons. The number of aromatic nitrogens is 2. The lowest BCUT2D eigenvalue weighted by atomic mass is 9.92. The molecule has 1 aromatic heterocycles. The lowest BCUT2D eigenvalue weighted by Crippen LogP contribution is -2.48. The molecule has 0 aliphatic heterocycles. The van der Waals surface area contributed by atoms with Gasteiger partial charge in [-0.2, -0.15) is 4.98 Å². The number of carboxylic acid groups (broad SMARTS) is 1. The molecule has 12 nitrogen and oxygen atoms in total. The van der Waals surface area contributed by atoms with Crippen LogP contribution in [0.5, 0.6) is 11.5 Å². The predicted molar refractivity (Wildman–Crippen MR) is 95.7 cm³/mol. The Labute approximate surface area is 162 Å². The van der Waals surface area contributed by atoms with Crippen molar-refractivity contribution in [3.05, 3.63) is 28.1 Å². The van der Waals surface area contributed by atoms with E-state index in [0.29, 0.717) is 6.42 Å². The van der Waals surface area contributed by atoms with Crippen LogP contribution in [-0.4, -0.2) is 47.4 Å². The van der Waals surface area contributed by atoms with Crippen LogP contribution in [0.25, 0.3) is 11.4 Å². The summed E-state index contributed by atoms with van der Waals surface area (Å²) in [4.78, 5) is 23.3. The number of nitro benzene ring substituents is 1. The van der Waals surface area contributed by atoms with Gasteiger partial charge in [-0.3, -0.25) is 10.1 Å². The van der Waals surface area contributed by atoms with Crippen molar-refractivity contribution in [3.63, 3.8) is 0 Å². The standard InChI is InChI=1S/C15H18ClN5O7/c1-6(17)2-3-8(15(16,18)14(24)25)13-19-12(20-28-13)7-4-9(21(26)27)11(23)10(22)5-7/h4-6,8,22-23H,2-3,17-18H2,1H3,(H,24,25)/t6?,8?,15-/m0/s1. The SMILES string of the molecule is CC(N)CCC(c1nc(-c2cc(O)c(O)c([N+](=O)[O-])c2)no1)[C@@](N)(Cl)C(=O)O. The molecule has 0 fully saturated rings. The van der Waals surface area contributed by atoms with Crippen LogP contribution in [-0.2, 0) is 4.79 Å². The van der Waals surface area contributed by atoms with E-state index in [0.717, 1.165) is 12.1 Å². The molecule has 0 saturated heterocycles. The van der Waals surface area contributed by atoms with E-state index < -0.39 is 39.0 Å². The number of nitrogens with two attached hydrogens (primary N) is 2. The Hall–Kier alpha value is -2.96. The van der Waals surface area contributed by atoms with Gasteiger partial charge in [0.15, 0.2) is 5.75 Å². The van der Waals surface area contributed by atoms with Crippen LogP contribution >= 0.6 is 11.6 Å². The first-order chi connectivity index (χ1) is 12.9. The molecule has 2 rings (SSSR count). The molecule has 0 spiro atoms. The van der Waals surface area contributed by atoms with Gasteiger partial charge < -0.3 is 31.3 Å². The number of nitro groups is 1. The fraction of sp³-hybridized carbons (Fsp3) is 0.400. The van der Waals surface area contributed by atoms with Crippen molar-refractivity contribution in [3.8, 4) is 22.9 Å². The molecule has 1 aromatic carbocycles. The first kappa shape index (κ1) is 21.3. The minimum atomic E-state index is -2.26. The Kier molecular flexibility index (Phi) is 6.07. The monoisotopic (exact) mass is 415 g/mol. The highest BCUT2D eigenvalue weighted by molar-refractivity contribution is 6.33. The Bertz CT molecular complexity index is 899. The van der Waals surface area contributed by atoms with Gasteiger partial charge in [0.1, 0.15) is 0 Å². The molecule has 2 unspecified atom stereocenters. The van der Waals surface area contributed by atoms with Gasteiger partial charge in [-0.25, -0.2) is 4.79 Å².